The highest BCUT2D eigenvalue weighted by atomic mass is 19.4. The second-order valence-corrected chi connectivity index (χ2v) is 9.63. The number of hydrogen-bond donors (Lipinski definition) is 2. The molecule has 3 aromatic carbocycles. The standard InChI is InChI=1S/C29H27F6N3O2/c1-18(19-8-4-2-5-9-19)36-27(40)24-17-23(10-11-25(24)38-12-6-3-7-13-38)37-26(39)20-14-21(28(30,31)32)16-22(15-20)29(33,34)35/h2,4-5,8-11,14-18H,3,6-7,12-13H2,1H3,(H,36,40)(H,37,39). The number of benzene rings is 3. The molecule has 0 aliphatic carbocycles. The molecule has 1 aliphatic rings. The number of amides is 2. The molecular weight excluding hydrogens is 536 g/mol. The molecular formula is C29H27F6N3O2. The van der Waals surface area contributed by atoms with Gasteiger partial charge in [0.25, 0.3) is 11.8 Å². The lowest BCUT2D eigenvalue weighted by molar-refractivity contribution is -0.143. The van der Waals surface area contributed by atoms with Gasteiger partial charge in [-0.25, -0.2) is 0 Å². The fourth-order valence-electron chi connectivity index (χ4n) is 4.59. The van der Waals surface area contributed by atoms with Gasteiger partial charge in [0, 0.05) is 30.0 Å². The van der Waals surface area contributed by atoms with E-state index in [4.69, 9.17) is 0 Å². The lowest BCUT2D eigenvalue weighted by atomic mass is 10.0. The highest BCUT2D eigenvalue weighted by molar-refractivity contribution is 6.06. The largest absolute Gasteiger partial charge is 0.416 e. The average molecular weight is 564 g/mol. The first-order chi connectivity index (χ1) is 18.8. The van der Waals surface area contributed by atoms with Crippen molar-refractivity contribution in [2.45, 2.75) is 44.6 Å². The van der Waals surface area contributed by atoms with Gasteiger partial charge in [0.15, 0.2) is 0 Å². The van der Waals surface area contributed by atoms with Gasteiger partial charge >= 0.3 is 12.4 Å². The second-order valence-electron chi connectivity index (χ2n) is 9.63. The van der Waals surface area contributed by atoms with Crippen LogP contribution in [0.2, 0.25) is 0 Å². The predicted octanol–water partition coefficient (Wildman–Crippen LogP) is 7.46. The van der Waals surface area contributed by atoms with Crippen LogP contribution in [0.5, 0.6) is 0 Å². The van der Waals surface area contributed by atoms with Crippen LogP contribution in [0.15, 0.2) is 66.7 Å². The number of alkyl halides is 6. The van der Waals surface area contributed by atoms with Gasteiger partial charge in [-0.15, -0.1) is 0 Å². The van der Waals surface area contributed by atoms with E-state index >= 15 is 0 Å². The number of nitrogens with zero attached hydrogens (tertiary/aromatic N) is 1. The van der Waals surface area contributed by atoms with E-state index in [9.17, 15) is 35.9 Å². The minimum atomic E-state index is -5.09. The molecule has 1 saturated heterocycles. The lowest BCUT2D eigenvalue weighted by Crippen LogP contribution is -2.33. The molecule has 11 heteroatoms. The molecule has 212 valence electrons. The summed E-state index contributed by atoms with van der Waals surface area (Å²) in [7, 11) is 0. The van der Waals surface area contributed by atoms with Gasteiger partial charge < -0.3 is 15.5 Å². The number of rotatable bonds is 6. The summed E-state index contributed by atoms with van der Waals surface area (Å²) in [5, 5.41) is 5.28. The van der Waals surface area contributed by atoms with Gasteiger partial charge in [0.05, 0.1) is 22.7 Å². The van der Waals surface area contributed by atoms with Gasteiger partial charge in [-0.05, 0) is 68.1 Å². The molecule has 2 N–H and O–H groups in total. The van der Waals surface area contributed by atoms with E-state index in [1.165, 1.54) is 12.1 Å². The average Bonchev–Trinajstić information content (AvgIpc) is 2.92. The maximum absolute atomic E-state index is 13.4. The van der Waals surface area contributed by atoms with Crippen LogP contribution in [0.25, 0.3) is 0 Å². The smallest absolute Gasteiger partial charge is 0.371 e. The molecule has 1 unspecified atom stereocenters. The van der Waals surface area contributed by atoms with Crippen molar-refractivity contribution in [2.24, 2.45) is 0 Å². The zero-order chi connectivity index (χ0) is 29.1. The van der Waals surface area contributed by atoms with Crippen LogP contribution in [-0.2, 0) is 12.4 Å². The van der Waals surface area contributed by atoms with E-state index in [1.807, 2.05) is 42.2 Å². The minimum absolute atomic E-state index is 0.0411. The lowest BCUT2D eigenvalue weighted by Gasteiger charge is -2.31. The van der Waals surface area contributed by atoms with Crippen molar-refractivity contribution in [1.29, 1.82) is 0 Å². The first-order valence-electron chi connectivity index (χ1n) is 12.7. The zero-order valence-electron chi connectivity index (χ0n) is 21.5. The van der Waals surface area contributed by atoms with Gasteiger partial charge in [-0.1, -0.05) is 30.3 Å². The summed E-state index contributed by atoms with van der Waals surface area (Å²) >= 11 is 0. The van der Waals surface area contributed by atoms with Crippen molar-refractivity contribution in [3.63, 3.8) is 0 Å². The van der Waals surface area contributed by atoms with Crippen LogP contribution < -0.4 is 15.5 Å². The first kappa shape index (κ1) is 29.0. The topological polar surface area (TPSA) is 61.4 Å². The van der Waals surface area contributed by atoms with Crippen LogP contribution in [0.1, 0.15) is 69.6 Å². The SMILES string of the molecule is CC(NC(=O)c1cc(NC(=O)c2cc(C(F)(F)F)cc(C(F)(F)F)c2)ccc1N1CCCCC1)c1ccccc1. The fourth-order valence-corrected chi connectivity index (χ4v) is 4.59. The molecule has 0 bridgehead atoms. The molecule has 5 nitrogen and oxygen atoms in total. The van der Waals surface area contributed by atoms with Gasteiger partial charge in [0.2, 0.25) is 0 Å². The first-order valence-corrected chi connectivity index (χ1v) is 12.7. The Morgan fingerprint density at radius 3 is 1.95 bits per heavy atom. The normalized spacial score (nSPS) is 14.9. The Hall–Kier alpha value is -4.02. The van der Waals surface area contributed by atoms with Crippen molar-refractivity contribution < 1.29 is 35.9 Å². The third-order valence-corrected chi connectivity index (χ3v) is 6.69. The Labute approximate surface area is 227 Å². The predicted molar refractivity (Wildman–Crippen MR) is 139 cm³/mol. The van der Waals surface area contributed by atoms with E-state index < -0.39 is 40.9 Å². The van der Waals surface area contributed by atoms with Gasteiger partial charge in [-0.3, -0.25) is 9.59 Å². The maximum atomic E-state index is 13.4. The molecule has 4 rings (SSSR count). The fraction of sp³-hybridized carbons (Fsp3) is 0.310. The van der Waals surface area contributed by atoms with E-state index in [2.05, 4.69) is 10.6 Å². The van der Waals surface area contributed by atoms with Crippen LogP contribution in [0.4, 0.5) is 37.7 Å². The Morgan fingerprint density at radius 2 is 1.38 bits per heavy atom. The Balaban J connectivity index is 1.65. The van der Waals surface area contributed by atoms with E-state index in [0.717, 1.165) is 24.8 Å². The van der Waals surface area contributed by atoms with Crippen LogP contribution in [0, 0.1) is 0 Å². The molecule has 0 aromatic heterocycles. The Bertz CT molecular complexity index is 1330. The Kier molecular flexibility index (Phi) is 8.41. The highest BCUT2D eigenvalue weighted by Crippen LogP contribution is 2.36. The number of hydrogen-bond acceptors (Lipinski definition) is 3. The molecule has 3 aromatic rings. The number of carbonyl (C=O) groups excluding carboxylic acids is 2. The summed E-state index contributed by atoms with van der Waals surface area (Å²) < 4.78 is 79.6. The molecule has 1 aliphatic heterocycles. The molecule has 1 heterocycles. The third kappa shape index (κ3) is 6.94. The number of piperidine rings is 1. The number of halogens is 6. The van der Waals surface area contributed by atoms with Crippen molar-refractivity contribution in [1.82, 2.24) is 5.32 Å². The van der Waals surface area contributed by atoms with Crippen molar-refractivity contribution in [3.05, 3.63) is 94.5 Å². The minimum Gasteiger partial charge on any atom is -0.371 e. The molecule has 1 fully saturated rings. The number of carbonyl (C=O) groups is 2. The van der Waals surface area contributed by atoms with Gasteiger partial charge in [0.1, 0.15) is 0 Å². The maximum Gasteiger partial charge on any atom is 0.416 e. The van der Waals surface area contributed by atoms with E-state index in [0.29, 0.717) is 30.9 Å². The summed E-state index contributed by atoms with van der Waals surface area (Å²) in [4.78, 5) is 28.3. The summed E-state index contributed by atoms with van der Waals surface area (Å²) in [5.41, 5.74) is -2.24. The Morgan fingerprint density at radius 1 is 0.775 bits per heavy atom. The monoisotopic (exact) mass is 563 g/mol. The summed E-state index contributed by atoms with van der Waals surface area (Å²) in [5.74, 6) is -1.61. The number of nitrogens with one attached hydrogen (secondary N) is 2. The van der Waals surface area contributed by atoms with E-state index in [1.54, 1.807) is 6.07 Å². The molecule has 2 amide bonds. The van der Waals surface area contributed by atoms with Gasteiger partial charge in [-0.2, -0.15) is 26.3 Å². The van der Waals surface area contributed by atoms with Crippen molar-refractivity contribution >= 4 is 23.2 Å². The van der Waals surface area contributed by atoms with E-state index in [-0.39, 0.29) is 23.4 Å². The molecule has 0 saturated carbocycles. The van der Waals surface area contributed by atoms with Crippen LogP contribution >= 0.6 is 0 Å². The summed E-state index contributed by atoms with van der Waals surface area (Å²) in [6.45, 7) is 3.24. The molecule has 0 spiro atoms. The zero-order valence-corrected chi connectivity index (χ0v) is 21.5. The highest BCUT2D eigenvalue weighted by Gasteiger charge is 2.37. The summed E-state index contributed by atoms with van der Waals surface area (Å²) in [6.07, 6.45) is -7.28. The molecule has 40 heavy (non-hydrogen) atoms. The van der Waals surface area contributed by atoms with Crippen LogP contribution in [-0.4, -0.2) is 24.9 Å². The van der Waals surface area contributed by atoms with Crippen LogP contribution in [0.3, 0.4) is 0 Å². The summed E-state index contributed by atoms with van der Waals surface area (Å²) in [6, 6.07) is 14.0. The quantitative estimate of drug-likeness (QED) is 0.306. The molecule has 0 radical (unpaired) electrons. The molecule has 1 atom stereocenters. The van der Waals surface area contributed by atoms with Crippen molar-refractivity contribution in [2.75, 3.05) is 23.3 Å². The third-order valence-electron chi connectivity index (χ3n) is 6.69. The number of anilines is 2. The second kappa shape index (κ2) is 11.6. The van der Waals surface area contributed by atoms with Crippen molar-refractivity contribution in [3.8, 4) is 0 Å².